The van der Waals surface area contributed by atoms with E-state index in [-0.39, 0.29) is 5.91 Å². The van der Waals surface area contributed by atoms with Crippen LogP contribution >= 0.6 is 0 Å². The molecule has 0 aliphatic carbocycles. The molecule has 1 fully saturated rings. The number of amides is 1. The highest BCUT2D eigenvalue weighted by Gasteiger charge is 2.45. The van der Waals surface area contributed by atoms with Gasteiger partial charge in [-0.25, -0.2) is 4.79 Å². The molecule has 19 heavy (non-hydrogen) atoms. The monoisotopic (exact) mass is 270 g/mol. The zero-order valence-corrected chi connectivity index (χ0v) is 12.3. The van der Waals surface area contributed by atoms with Gasteiger partial charge < -0.3 is 15.7 Å². The Labute approximate surface area is 115 Å². The lowest BCUT2D eigenvalue weighted by atomic mass is 9.76. The molecule has 1 amide bonds. The number of carbonyl (C=O) groups is 2. The molecule has 0 bridgehead atoms. The van der Waals surface area contributed by atoms with Crippen LogP contribution in [0.4, 0.5) is 0 Å². The number of likely N-dealkylation sites (tertiary alicyclic amines) is 1. The van der Waals surface area contributed by atoms with Gasteiger partial charge in [0.1, 0.15) is 6.04 Å². The summed E-state index contributed by atoms with van der Waals surface area (Å²) in [5.41, 5.74) is 5.51. The van der Waals surface area contributed by atoms with Crippen molar-refractivity contribution in [2.75, 3.05) is 6.54 Å². The summed E-state index contributed by atoms with van der Waals surface area (Å²) < 4.78 is 0. The molecular formula is C14H26N2O3. The Balaban J connectivity index is 2.90. The van der Waals surface area contributed by atoms with E-state index in [4.69, 9.17) is 5.73 Å². The number of aliphatic carboxylic acids is 1. The van der Waals surface area contributed by atoms with Crippen LogP contribution in [0.1, 0.15) is 47.0 Å². The van der Waals surface area contributed by atoms with Crippen molar-refractivity contribution in [3.05, 3.63) is 0 Å². The minimum atomic E-state index is -0.935. The highest BCUT2D eigenvalue weighted by atomic mass is 16.4. The number of hydrogen-bond acceptors (Lipinski definition) is 3. The smallest absolute Gasteiger partial charge is 0.326 e. The first-order chi connectivity index (χ1) is 8.66. The van der Waals surface area contributed by atoms with Gasteiger partial charge in [0, 0.05) is 6.54 Å². The first-order valence-electron chi connectivity index (χ1n) is 6.95. The van der Waals surface area contributed by atoms with E-state index >= 15 is 0 Å². The topological polar surface area (TPSA) is 83.6 Å². The fourth-order valence-electron chi connectivity index (χ4n) is 2.92. The molecule has 0 aromatic carbocycles. The molecule has 1 aliphatic rings. The van der Waals surface area contributed by atoms with E-state index < -0.39 is 23.5 Å². The summed E-state index contributed by atoms with van der Waals surface area (Å²) in [6.07, 6.45) is 2.23. The summed E-state index contributed by atoms with van der Waals surface area (Å²) in [6, 6.07) is -1.37. The van der Waals surface area contributed by atoms with E-state index in [1.165, 1.54) is 4.90 Å². The van der Waals surface area contributed by atoms with Gasteiger partial charge in [-0.2, -0.15) is 0 Å². The third-order valence-electron chi connectivity index (χ3n) is 3.83. The quantitative estimate of drug-likeness (QED) is 0.810. The van der Waals surface area contributed by atoms with Gasteiger partial charge in [-0.05, 0) is 30.6 Å². The molecule has 1 heterocycles. The van der Waals surface area contributed by atoms with E-state index in [0.29, 0.717) is 18.9 Å². The van der Waals surface area contributed by atoms with Crippen LogP contribution in [-0.2, 0) is 9.59 Å². The second-order valence-electron chi connectivity index (χ2n) is 6.60. The summed E-state index contributed by atoms with van der Waals surface area (Å²) >= 11 is 0. The van der Waals surface area contributed by atoms with Crippen molar-refractivity contribution in [3.8, 4) is 0 Å². The molecule has 2 atom stereocenters. The van der Waals surface area contributed by atoms with Crippen LogP contribution in [0.3, 0.4) is 0 Å². The fraction of sp³-hybridized carbons (Fsp3) is 0.857. The molecular weight excluding hydrogens is 244 g/mol. The van der Waals surface area contributed by atoms with E-state index in [9.17, 15) is 14.7 Å². The molecule has 5 heteroatoms. The van der Waals surface area contributed by atoms with Gasteiger partial charge in [-0.15, -0.1) is 0 Å². The van der Waals surface area contributed by atoms with Crippen molar-refractivity contribution in [1.82, 2.24) is 4.90 Å². The molecule has 1 unspecified atom stereocenters. The number of carboxylic acid groups (broad SMARTS) is 1. The molecule has 0 aromatic rings. The Kier molecular flexibility index (Phi) is 4.96. The average molecular weight is 270 g/mol. The Bertz CT molecular complexity index is 353. The minimum Gasteiger partial charge on any atom is -0.480 e. The fourth-order valence-corrected chi connectivity index (χ4v) is 2.92. The Morgan fingerprint density at radius 2 is 2.00 bits per heavy atom. The van der Waals surface area contributed by atoms with Gasteiger partial charge in [0.2, 0.25) is 5.91 Å². The second kappa shape index (κ2) is 5.90. The van der Waals surface area contributed by atoms with Crippen molar-refractivity contribution >= 4 is 11.9 Å². The molecule has 5 nitrogen and oxygen atoms in total. The van der Waals surface area contributed by atoms with Crippen LogP contribution in [0, 0.1) is 11.3 Å². The Morgan fingerprint density at radius 1 is 1.42 bits per heavy atom. The maximum atomic E-state index is 12.4. The number of hydrogen-bond donors (Lipinski definition) is 2. The Hall–Kier alpha value is -1.10. The molecule has 0 radical (unpaired) electrons. The number of piperidine rings is 1. The van der Waals surface area contributed by atoms with Crippen LogP contribution < -0.4 is 5.73 Å². The first kappa shape index (κ1) is 16.0. The third-order valence-corrected chi connectivity index (χ3v) is 3.83. The lowest BCUT2D eigenvalue weighted by Gasteiger charge is -2.44. The molecule has 1 rings (SSSR count). The van der Waals surface area contributed by atoms with Gasteiger partial charge in [0.25, 0.3) is 0 Å². The third kappa shape index (κ3) is 3.69. The summed E-state index contributed by atoms with van der Waals surface area (Å²) in [7, 11) is 0. The molecule has 110 valence electrons. The summed E-state index contributed by atoms with van der Waals surface area (Å²) in [6.45, 7) is 8.30. The van der Waals surface area contributed by atoms with Crippen LogP contribution in [0.5, 0.6) is 0 Å². The van der Waals surface area contributed by atoms with Crippen LogP contribution in [0.25, 0.3) is 0 Å². The van der Waals surface area contributed by atoms with Crippen LogP contribution in [0.2, 0.25) is 0 Å². The number of nitrogens with two attached hydrogens (primary N) is 1. The van der Waals surface area contributed by atoms with Crippen LogP contribution in [-0.4, -0.2) is 40.5 Å². The minimum absolute atomic E-state index is 0.228. The Morgan fingerprint density at radius 3 is 2.47 bits per heavy atom. The van der Waals surface area contributed by atoms with Gasteiger partial charge in [0.05, 0.1) is 6.04 Å². The SMILES string of the molecule is CC(C)C[C@H](N)C(=O)N1CCCC(C)(C)C1C(=O)O. The molecule has 1 aliphatic heterocycles. The summed E-state index contributed by atoms with van der Waals surface area (Å²) in [5, 5.41) is 9.42. The number of nitrogens with zero attached hydrogens (tertiary/aromatic N) is 1. The highest BCUT2D eigenvalue weighted by molar-refractivity contribution is 5.87. The molecule has 3 N–H and O–H groups in total. The van der Waals surface area contributed by atoms with Crippen molar-refractivity contribution in [3.63, 3.8) is 0 Å². The van der Waals surface area contributed by atoms with E-state index in [1.807, 2.05) is 27.7 Å². The second-order valence-corrected chi connectivity index (χ2v) is 6.60. The zero-order valence-electron chi connectivity index (χ0n) is 12.3. The van der Waals surface area contributed by atoms with E-state index in [2.05, 4.69) is 0 Å². The highest BCUT2D eigenvalue weighted by Crippen LogP contribution is 2.35. The molecule has 0 spiro atoms. The first-order valence-corrected chi connectivity index (χ1v) is 6.95. The normalized spacial score (nSPS) is 24.3. The largest absolute Gasteiger partial charge is 0.480 e. The molecule has 0 saturated carbocycles. The maximum absolute atomic E-state index is 12.4. The van der Waals surface area contributed by atoms with Gasteiger partial charge in [0.15, 0.2) is 0 Å². The van der Waals surface area contributed by atoms with Crippen molar-refractivity contribution in [1.29, 1.82) is 0 Å². The number of rotatable bonds is 4. The van der Waals surface area contributed by atoms with Crippen molar-refractivity contribution < 1.29 is 14.7 Å². The predicted molar refractivity (Wildman–Crippen MR) is 73.6 cm³/mol. The van der Waals surface area contributed by atoms with Gasteiger partial charge in [-0.1, -0.05) is 27.7 Å². The van der Waals surface area contributed by atoms with Gasteiger partial charge >= 0.3 is 5.97 Å². The van der Waals surface area contributed by atoms with Crippen molar-refractivity contribution in [2.45, 2.75) is 59.0 Å². The van der Waals surface area contributed by atoms with E-state index in [0.717, 1.165) is 12.8 Å². The lowest BCUT2D eigenvalue weighted by Crippen LogP contribution is -2.59. The maximum Gasteiger partial charge on any atom is 0.326 e. The number of carbonyl (C=O) groups excluding carboxylic acids is 1. The van der Waals surface area contributed by atoms with E-state index in [1.54, 1.807) is 0 Å². The zero-order chi connectivity index (χ0) is 14.8. The average Bonchev–Trinajstić information content (AvgIpc) is 2.24. The summed E-state index contributed by atoms with van der Waals surface area (Å²) in [4.78, 5) is 25.3. The standard InChI is InChI=1S/C14H26N2O3/c1-9(2)8-10(15)12(17)16-7-5-6-14(3,4)11(16)13(18)19/h9-11H,5-8,15H2,1-4H3,(H,18,19)/t10-,11?/m0/s1. The van der Waals surface area contributed by atoms with Crippen LogP contribution in [0.15, 0.2) is 0 Å². The molecule has 1 saturated heterocycles. The number of carboxylic acids is 1. The summed E-state index contributed by atoms with van der Waals surface area (Å²) in [5.74, 6) is -0.844. The van der Waals surface area contributed by atoms with Crippen molar-refractivity contribution in [2.24, 2.45) is 17.1 Å². The molecule has 0 aromatic heterocycles. The lowest BCUT2D eigenvalue weighted by molar-refractivity contribution is -0.159. The van der Waals surface area contributed by atoms with Gasteiger partial charge in [-0.3, -0.25) is 4.79 Å². The predicted octanol–water partition coefficient (Wildman–Crippen LogP) is 1.46.